The fourth-order valence-electron chi connectivity index (χ4n) is 3.40. The molecule has 1 N–H and O–H groups in total. The monoisotopic (exact) mass is 465 g/mol. The number of carbonyl (C=O) groups excluding carboxylic acids is 1. The van der Waals surface area contributed by atoms with Gasteiger partial charge in [0.25, 0.3) is 5.91 Å². The highest BCUT2D eigenvalue weighted by molar-refractivity contribution is 6.34. The molecule has 160 valence electrons. The molecule has 0 aromatic heterocycles. The molecule has 0 saturated heterocycles. The second kappa shape index (κ2) is 8.91. The lowest BCUT2D eigenvalue weighted by atomic mass is 10.1. The Kier molecular flexibility index (Phi) is 6.04. The van der Waals surface area contributed by atoms with E-state index in [-0.39, 0.29) is 16.5 Å². The summed E-state index contributed by atoms with van der Waals surface area (Å²) in [6.07, 6.45) is 3.54. The van der Waals surface area contributed by atoms with Gasteiger partial charge in [-0.15, -0.1) is 0 Å². The van der Waals surface area contributed by atoms with Crippen LogP contribution in [0.5, 0.6) is 5.75 Å². The molecule has 0 aliphatic carbocycles. The van der Waals surface area contributed by atoms with Crippen LogP contribution in [0.15, 0.2) is 78.4 Å². The van der Waals surface area contributed by atoms with Crippen LogP contribution in [-0.2, 0) is 4.79 Å². The SMILES string of the molecule is COc1ccc(/C=C2/C=C(c3ccc(Cl)cc3)N(c3ccc(Cl)c(C(=O)O)c3)C2=O)cc1. The van der Waals surface area contributed by atoms with Gasteiger partial charge in [-0.3, -0.25) is 9.69 Å². The van der Waals surface area contributed by atoms with E-state index in [4.69, 9.17) is 27.9 Å². The lowest BCUT2D eigenvalue weighted by Crippen LogP contribution is -2.25. The summed E-state index contributed by atoms with van der Waals surface area (Å²) in [7, 11) is 1.59. The van der Waals surface area contributed by atoms with Crippen LogP contribution in [-0.4, -0.2) is 24.1 Å². The lowest BCUT2D eigenvalue weighted by molar-refractivity contribution is -0.113. The molecule has 5 nitrogen and oxygen atoms in total. The summed E-state index contributed by atoms with van der Waals surface area (Å²) in [5, 5.41) is 10.1. The number of hydrogen-bond donors (Lipinski definition) is 1. The van der Waals surface area contributed by atoms with Crippen molar-refractivity contribution in [3.8, 4) is 5.75 Å². The Balaban J connectivity index is 1.82. The number of halogens is 2. The second-order valence-electron chi connectivity index (χ2n) is 7.02. The van der Waals surface area contributed by atoms with Gasteiger partial charge in [0.05, 0.1) is 29.1 Å². The van der Waals surface area contributed by atoms with Crippen molar-refractivity contribution in [2.75, 3.05) is 12.0 Å². The van der Waals surface area contributed by atoms with Gasteiger partial charge in [-0.1, -0.05) is 47.5 Å². The average Bonchev–Trinajstić information content (AvgIpc) is 3.11. The molecule has 0 atom stereocenters. The van der Waals surface area contributed by atoms with Gasteiger partial charge in [-0.05, 0) is 65.7 Å². The Hall–Kier alpha value is -3.54. The number of rotatable bonds is 5. The molecule has 32 heavy (non-hydrogen) atoms. The van der Waals surface area contributed by atoms with Crippen molar-refractivity contribution in [3.63, 3.8) is 0 Å². The van der Waals surface area contributed by atoms with E-state index in [1.165, 1.54) is 17.0 Å². The molecule has 1 heterocycles. The number of amides is 1. The topological polar surface area (TPSA) is 66.8 Å². The van der Waals surface area contributed by atoms with Gasteiger partial charge in [-0.2, -0.15) is 0 Å². The predicted molar refractivity (Wildman–Crippen MR) is 126 cm³/mol. The van der Waals surface area contributed by atoms with E-state index in [9.17, 15) is 14.7 Å². The van der Waals surface area contributed by atoms with Gasteiger partial charge < -0.3 is 9.84 Å². The van der Waals surface area contributed by atoms with E-state index in [1.807, 2.05) is 24.3 Å². The third-order valence-corrected chi connectivity index (χ3v) is 5.58. The van der Waals surface area contributed by atoms with E-state index >= 15 is 0 Å². The minimum atomic E-state index is -1.17. The van der Waals surface area contributed by atoms with Crippen molar-refractivity contribution in [2.24, 2.45) is 0 Å². The Labute approximate surface area is 194 Å². The molecule has 0 spiro atoms. The highest BCUT2D eigenvalue weighted by Gasteiger charge is 2.31. The summed E-state index contributed by atoms with van der Waals surface area (Å²) in [4.78, 5) is 26.5. The molecular formula is C25H17Cl2NO4. The highest BCUT2D eigenvalue weighted by Crippen LogP contribution is 2.37. The predicted octanol–water partition coefficient (Wildman–Crippen LogP) is 6.17. The maximum Gasteiger partial charge on any atom is 0.337 e. The van der Waals surface area contributed by atoms with E-state index in [0.29, 0.717) is 27.7 Å². The molecule has 1 aliphatic heterocycles. The molecule has 0 unspecified atom stereocenters. The first-order valence-electron chi connectivity index (χ1n) is 9.58. The minimum absolute atomic E-state index is 0.0833. The van der Waals surface area contributed by atoms with Crippen LogP contribution in [0.2, 0.25) is 10.0 Å². The first-order chi connectivity index (χ1) is 15.4. The van der Waals surface area contributed by atoms with Crippen LogP contribution < -0.4 is 9.64 Å². The first-order valence-corrected chi connectivity index (χ1v) is 10.3. The summed E-state index contributed by atoms with van der Waals surface area (Å²) < 4.78 is 5.18. The number of benzene rings is 3. The number of methoxy groups -OCH3 is 1. The summed E-state index contributed by atoms with van der Waals surface area (Å²) in [5.41, 5.74) is 2.95. The van der Waals surface area contributed by atoms with Crippen LogP contribution in [0.4, 0.5) is 5.69 Å². The summed E-state index contributed by atoms with van der Waals surface area (Å²) in [6, 6.07) is 18.9. The van der Waals surface area contributed by atoms with Crippen molar-refractivity contribution in [1.29, 1.82) is 0 Å². The number of aromatic carboxylic acids is 1. The van der Waals surface area contributed by atoms with Gasteiger partial charge in [0.2, 0.25) is 0 Å². The Morgan fingerprint density at radius 1 is 1.00 bits per heavy atom. The number of anilines is 1. The molecule has 7 heteroatoms. The van der Waals surface area contributed by atoms with Crippen molar-refractivity contribution in [3.05, 3.63) is 105 Å². The van der Waals surface area contributed by atoms with Gasteiger partial charge >= 0.3 is 5.97 Å². The maximum atomic E-state index is 13.4. The molecule has 1 amide bonds. The van der Waals surface area contributed by atoms with E-state index in [2.05, 4.69) is 0 Å². The van der Waals surface area contributed by atoms with E-state index < -0.39 is 5.97 Å². The Morgan fingerprint density at radius 3 is 2.31 bits per heavy atom. The molecule has 4 rings (SSSR count). The number of carboxylic acids is 1. The number of nitrogens with zero attached hydrogens (tertiary/aromatic N) is 1. The zero-order valence-electron chi connectivity index (χ0n) is 16.9. The number of carboxylic acid groups (broad SMARTS) is 1. The third-order valence-electron chi connectivity index (χ3n) is 5.00. The number of carbonyl (C=O) groups is 2. The van der Waals surface area contributed by atoms with E-state index in [0.717, 1.165) is 11.1 Å². The number of hydrogen-bond acceptors (Lipinski definition) is 3. The molecule has 0 bridgehead atoms. The fraction of sp³-hybridized carbons (Fsp3) is 0.0400. The molecule has 3 aromatic rings. The van der Waals surface area contributed by atoms with Crippen LogP contribution in [0.25, 0.3) is 11.8 Å². The normalized spacial score (nSPS) is 14.6. The number of ether oxygens (including phenoxy) is 1. The Bertz CT molecular complexity index is 1260. The van der Waals surface area contributed by atoms with Crippen LogP contribution in [0, 0.1) is 0 Å². The lowest BCUT2D eigenvalue weighted by Gasteiger charge is -2.21. The fourth-order valence-corrected chi connectivity index (χ4v) is 3.73. The van der Waals surface area contributed by atoms with Crippen molar-refractivity contribution < 1.29 is 19.4 Å². The molecule has 0 radical (unpaired) electrons. The average molecular weight is 466 g/mol. The quantitative estimate of drug-likeness (QED) is 0.457. The van der Waals surface area contributed by atoms with Crippen molar-refractivity contribution in [2.45, 2.75) is 0 Å². The third kappa shape index (κ3) is 4.26. The zero-order chi connectivity index (χ0) is 22.8. The van der Waals surface area contributed by atoms with Crippen LogP contribution in [0.1, 0.15) is 21.5 Å². The van der Waals surface area contributed by atoms with Crippen molar-refractivity contribution >= 4 is 52.5 Å². The summed E-state index contributed by atoms with van der Waals surface area (Å²) >= 11 is 12.1. The van der Waals surface area contributed by atoms with Crippen LogP contribution >= 0.6 is 23.2 Å². The van der Waals surface area contributed by atoms with Gasteiger partial charge in [-0.25, -0.2) is 4.79 Å². The highest BCUT2D eigenvalue weighted by atomic mass is 35.5. The van der Waals surface area contributed by atoms with Crippen LogP contribution in [0.3, 0.4) is 0 Å². The minimum Gasteiger partial charge on any atom is -0.497 e. The molecule has 0 fully saturated rings. The largest absolute Gasteiger partial charge is 0.497 e. The van der Waals surface area contributed by atoms with Gasteiger partial charge in [0.15, 0.2) is 0 Å². The summed E-state index contributed by atoms with van der Waals surface area (Å²) in [6.45, 7) is 0. The first kappa shape index (κ1) is 21.7. The Morgan fingerprint density at radius 2 is 1.69 bits per heavy atom. The van der Waals surface area contributed by atoms with Crippen molar-refractivity contribution in [1.82, 2.24) is 0 Å². The second-order valence-corrected chi connectivity index (χ2v) is 7.86. The molecule has 0 saturated carbocycles. The maximum absolute atomic E-state index is 13.4. The zero-order valence-corrected chi connectivity index (χ0v) is 18.4. The molecule has 3 aromatic carbocycles. The standard InChI is InChI=1S/C25H17Cl2NO4/c1-32-20-9-2-15(3-10-20)12-17-13-23(16-4-6-18(26)7-5-16)28(24(17)29)19-8-11-22(27)21(14-19)25(30)31/h2-14H,1H3,(H,30,31)/b17-12-. The van der Waals surface area contributed by atoms with Gasteiger partial charge in [0, 0.05) is 10.6 Å². The molecule has 1 aliphatic rings. The molecular weight excluding hydrogens is 449 g/mol. The van der Waals surface area contributed by atoms with E-state index in [1.54, 1.807) is 49.6 Å². The summed E-state index contributed by atoms with van der Waals surface area (Å²) in [5.74, 6) is -0.745. The smallest absolute Gasteiger partial charge is 0.337 e. The van der Waals surface area contributed by atoms with Gasteiger partial charge in [0.1, 0.15) is 5.75 Å².